The Morgan fingerprint density at radius 1 is 1.14 bits per heavy atom. The third-order valence-electron chi connectivity index (χ3n) is 4.44. The Morgan fingerprint density at radius 2 is 1.71 bits per heavy atom. The van der Waals surface area contributed by atoms with Gasteiger partial charge in [-0.3, -0.25) is 4.90 Å². The lowest BCUT2D eigenvalue weighted by atomic mass is 9.97. The average Bonchev–Trinajstić information content (AvgIpc) is 2.40. The third-order valence-corrected chi connectivity index (χ3v) is 4.44. The van der Waals surface area contributed by atoms with Gasteiger partial charge in [-0.1, -0.05) is 12.5 Å². The largest absolute Gasteiger partial charge is 0.491 e. The van der Waals surface area contributed by atoms with Crippen molar-refractivity contribution >= 4 is 0 Å². The van der Waals surface area contributed by atoms with E-state index in [9.17, 15) is 5.11 Å². The van der Waals surface area contributed by atoms with Crippen molar-refractivity contribution in [3.8, 4) is 5.75 Å². The lowest BCUT2D eigenvalue weighted by Crippen LogP contribution is -2.48. The monoisotopic (exact) mass is 291 g/mol. The van der Waals surface area contributed by atoms with E-state index in [4.69, 9.17) is 4.74 Å². The van der Waals surface area contributed by atoms with E-state index in [-0.39, 0.29) is 0 Å². The first-order chi connectivity index (χ1) is 9.95. The Kier molecular flexibility index (Phi) is 5.65. The summed E-state index contributed by atoms with van der Waals surface area (Å²) < 4.78 is 5.76. The van der Waals surface area contributed by atoms with Crippen molar-refractivity contribution in [2.24, 2.45) is 0 Å². The van der Waals surface area contributed by atoms with Crippen LogP contribution >= 0.6 is 0 Å². The van der Waals surface area contributed by atoms with Crippen molar-refractivity contribution in [1.29, 1.82) is 0 Å². The zero-order valence-corrected chi connectivity index (χ0v) is 13.8. The molecule has 2 rings (SSSR count). The Hall–Kier alpha value is -1.06. The number of ether oxygens (including phenoxy) is 1. The number of aliphatic hydroxyl groups is 1. The smallest absolute Gasteiger partial charge is 0.119 e. The highest BCUT2D eigenvalue weighted by Gasteiger charge is 2.26. The van der Waals surface area contributed by atoms with Gasteiger partial charge in [0.25, 0.3) is 0 Å². The van der Waals surface area contributed by atoms with Crippen LogP contribution in [-0.2, 0) is 0 Å². The van der Waals surface area contributed by atoms with Crippen LogP contribution in [0.5, 0.6) is 5.75 Å². The van der Waals surface area contributed by atoms with Gasteiger partial charge in [-0.25, -0.2) is 0 Å². The van der Waals surface area contributed by atoms with Crippen molar-refractivity contribution < 1.29 is 9.84 Å². The molecule has 118 valence electrons. The predicted octanol–water partition coefficient (Wildman–Crippen LogP) is 3.31. The number of rotatable bonds is 5. The fraction of sp³-hybridized carbons (Fsp3) is 0.667. The van der Waals surface area contributed by atoms with Gasteiger partial charge in [0.2, 0.25) is 0 Å². The first-order valence-electron chi connectivity index (χ1n) is 8.10. The second-order valence-electron chi connectivity index (χ2n) is 6.61. The van der Waals surface area contributed by atoms with Crippen molar-refractivity contribution in [3.63, 3.8) is 0 Å². The number of benzene rings is 1. The molecule has 0 unspecified atom stereocenters. The molecule has 3 heteroatoms. The van der Waals surface area contributed by atoms with E-state index in [2.05, 4.69) is 38.7 Å². The molecule has 1 fully saturated rings. The number of piperidine rings is 1. The molecule has 1 heterocycles. The Balaban J connectivity index is 1.85. The van der Waals surface area contributed by atoms with Crippen LogP contribution in [0.3, 0.4) is 0 Å². The Morgan fingerprint density at radius 3 is 2.29 bits per heavy atom. The molecule has 3 nitrogen and oxygen atoms in total. The van der Waals surface area contributed by atoms with Gasteiger partial charge in [-0.15, -0.1) is 0 Å². The molecule has 1 aromatic rings. The highest BCUT2D eigenvalue weighted by Crippen LogP contribution is 2.23. The molecular weight excluding hydrogens is 262 g/mol. The SMILES string of the molecule is Cc1cc(C)cc(OC[C@H](O)CN2[C@H](C)CCC[C@@H]2C)c1. The minimum Gasteiger partial charge on any atom is -0.491 e. The summed E-state index contributed by atoms with van der Waals surface area (Å²) in [5.41, 5.74) is 2.38. The molecule has 0 saturated carbocycles. The van der Waals surface area contributed by atoms with Crippen molar-refractivity contribution in [2.75, 3.05) is 13.2 Å². The van der Waals surface area contributed by atoms with Crippen LogP contribution in [0.15, 0.2) is 18.2 Å². The lowest BCUT2D eigenvalue weighted by molar-refractivity contribution is 0.0208. The summed E-state index contributed by atoms with van der Waals surface area (Å²) in [5, 5.41) is 10.3. The molecule has 0 amide bonds. The summed E-state index contributed by atoms with van der Waals surface area (Å²) in [6, 6.07) is 7.28. The quantitative estimate of drug-likeness (QED) is 0.903. The minimum atomic E-state index is -0.436. The molecule has 1 N–H and O–H groups in total. The zero-order valence-electron chi connectivity index (χ0n) is 13.8. The second-order valence-corrected chi connectivity index (χ2v) is 6.61. The van der Waals surface area contributed by atoms with E-state index >= 15 is 0 Å². The summed E-state index contributed by atoms with van der Waals surface area (Å²) in [6.45, 7) is 9.70. The zero-order chi connectivity index (χ0) is 15.4. The first-order valence-corrected chi connectivity index (χ1v) is 8.10. The maximum atomic E-state index is 10.3. The number of aliphatic hydroxyl groups excluding tert-OH is 1. The van der Waals surface area contributed by atoms with Crippen molar-refractivity contribution in [3.05, 3.63) is 29.3 Å². The number of β-amino-alcohol motifs (C(OH)–C–C–N with tert-alkyl or cyclic N) is 1. The van der Waals surface area contributed by atoms with Crippen LogP contribution < -0.4 is 4.74 Å². The first kappa shape index (κ1) is 16.3. The molecule has 0 aromatic heterocycles. The maximum Gasteiger partial charge on any atom is 0.119 e. The number of likely N-dealkylation sites (tertiary alicyclic amines) is 1. The predicted molar refractivity (Wildman–Crippen MR) is 86.9 cm³/mol. The normalized spacial score (nSPS) is 24.8. The van der Waals surface area contributed by atoms with E-state index in [1.165, 1.54) is 30.4 Å². The van der Waals surface area contributed by atoms with Gasteiger partial charge in [0, 0.05) is 18.6 Å². The van der Waals surface area contributed by atoms with E-state index in [1.54, 1.807) is 0 Å². The summed E-state index contributed by atoms with van der Waals surface area (Å²) in [4.78, 5) is 2.42. The summed E-state index contributed by atoms with van der Waals surface area (Å²) in [7, 11) is 0. The molecule has 0 radical (unpaired) electrons. The van der Waals surface area contributed by atoms with Gasteiger partial charge < -0.3 is 9.84 Å². The lowest BCUT2D eigenvalue weighted by Gasteiger charge is -2.40. The summed E-state index contributed by atoms with van der Waals surface area (Å²) in [5.74, 6) is 0.853. The van der Waals surface area contributed by atoms with Gasteiger partial charge in [0.15, 0.2) is 0 Å². The van der Waals surface area contributed by atoms with Crippen LogP contribution in [0, 0.1) is 13.8 Å². The van der Waals surface area contributed by atoms with Gasteiger partial charge in [-0.05, 0) is 63.8 Å². The molecule has 0 spiro atoms. The fourth-order valence-corrected chi connectivity index (χ4v) is 3.34. The molecule has 21 heavy (non-hydrogen) atoms. The van der Waals surface area contributed by atoms with E-state index in [0.717, 1.165) is 5.75 Å². The highest BCUT2D eigenvalue weighted by molar-refractivity contribution is 5.32. The van der Waals surface area contributed by atoms with Crippen molar-refractivity contribution in [1.82, 2.24) is 4.90 Å². The maximum absolute atomic E-state index is 10.3. The van der Waals surface area contributed by atoms with E-state index in [0.29, 0.717) is 25.2 Å². The number of aryl methyl sites for hydroxylation is 2. The number of hydrogen-bond acceptors (Lipinski definition) is 3. The molecule has 3 atom stereocenters. The third kappa shape index (κ3) is 4.72. The highest BCUT2D eigenvalue weighted by atomic mass is 16.5. The van der Waals surface area contributed by atoms with E-state index < -0.39 is 6.10 Å². The Labute approximate surface area is 128 Å². The minimum absolute atomic E-state index is 0.360. The van der Waals surface area contributed by atoms with Gasteiger partial charge in [0.05, 0.1) is 0 Å². The molecule has 1 saturated heterocycles. The molecule has 0 aliphatic carbocycles. The van der Waals surface area contributed by atoms with Crippen LogP contribution in [0.1, 0.15) is 44.2 Å². The molecule has 1 aliphatic heterocycles. The Bertz CT molecular complexity index is 430. The summed E-state index contributed by atoms with van der Waals surface area (Å²) in [6.07, 6.45) is 3.33. The van der Waals surface area contributed by atoms with Crippen LogP contribution in [-0.4, -0.2) is 41.3 Å². The summed E-state index contributed by atoms with van der Waals surface area (Å²) >= 11 is 0. The molecule has 1 aliphatic rings. The van der Waals surface area contributed by atoms with Crippen LogP contribution in [0.25, 0.3) is 0 Å². The van der Waals surface area contributed by atoms with Gasteiger partial charge in [0.1, 0.15) is 18.5 Å². The van der Waals surface area contributed by atoms with Crippen LogP contribution in [0.4, 0.5) is 0 Å². The van der Waals surface area contributed by atoms with E-state index in [1.807, 2.05) is 12.1 Å². The molecule has 1 aromatic carbocycles. The average molecular weight is 291 g/mol. The standard InChI is InChI=1S/C18H29NO2/c1-13-8-14(2)10-18(9-13)21-12-17(20)11-19-15(3)6-5-7-16(19)4/h8-10,15-17,20H,5-7,11-12H2,1-4H3/t15-,16+,17-/m1/s1. The second kappa shape index (κ2) is 7.28. The van der Waals surface area contributed by atoms with Gasteiger partial charge >= 0.3 is 0 Å². The number of hydrogen-bond donors (Lipinski definition) is 1. The van der Waals surface area contributed by atoms with Gasteiger partial charge in [-0.2, -0.15) is 0 Å². The molecular formula is C18H29NO2. The number of nitrogens with zero attached hydrogens (tertiary/aromatic N) is 1. The van der Waals surface area contributed by atoms with Crippen LogP contribution in [0.2, 0.25) is 0 Å². The topological polar surface area (TPSA) is 32.7 Å². The fourth-order valence-electron chi connectivity index (χ4n) is 3.34. The van der Waals surface area contributed by atoms with Crippen molar-refractivity contribution in [2.45, 2.75) is 65.1 Å². The molecule has 0 bridgehead atoms.